The number of nitrogens with one attached hydrogen (secondary N) is 2. The van der Waals surface area contributed by atoms with E-state index < -0.39 is 0 Å². The van der Waals surface area contributed by atoms with E-state index in [-0.39, 0.29) is 5.91 Å². The van der Waals surface area contributed by atoms with E-state index in [1.807, 2.05) is 30.3 Å². The lowest BCUT2D eigenvalue weighted by atomic mass is 10.2. The molecule has 0 aliphatic carbocycles. The van der Waals surface area contributed by atoms with Gasteiger partial charge in [0.15, 0.2) is 11.5 Å². The number of benzene rings is 1. The molecule has 0 fully saturated rings. The van der Waals surface area contributed by atoms with Crippen LogP contribution in [0.25, 0.3) is 5.65 Å². The van der Waals surface area contributed by atoms with E-state index >= 15 is 0 Å². The molecule has 0 aliphatic rings. The summed E-state index contributed by atoms with van der Waals surface area (Å²) in [6.07, 6.45) is 1.59. The molecule has 1 aromatic carbocycles. The van der Waals surface area contributed by atoms with E-state index in [9.17, 15) is 4.79 Å². The maximum Gasteiger partial charge on any atom is 0.251 e. The van der Waals surface area contributed by atoms with Gasteiger partial charge in [0.1, 0.15) is 5.82 Å². The Morgan fingerprint density at radius 1 is 1.08 bits per heavy atom. The average molecular weight is 324 g/mol. The summed E-state index contributed by atoms with van der Waals surface area (Å²) in [7, 11) is 0. The highest BCUT2D eigenvalue weighted by atomic mass is 16.1. The highest BCUT2D eigenvalue weighted by Crippen LogP contribution is 2.07. The van der Waals surface area contributed by atoms with Crippen LogP contribution < -0.4 is 10.6 Å². The average Bonchev–Trinajstić information content (AvgIpc) is 3.03. The predicted molar refractivity (Wildman–Crippen MR) is 92.0 cm³/mol. The number of carbonyl (C=O) groups is 1. The molecule has 2 aromatic heterocycles. The summed E-state index contributed by atoms with van der Waals surface area (Å²) in [6, 6.07) is 12.9. The lowest BCUT2D eigenvalue weighted by Gasteiger charge is -2.06. The van der Waals surface area contributed by atoms with Gasteiger partial charge >= 0.3 is 0 Å². The Bertz CT molecular complexity index is 814. The minimum atomic E-state index is -0.0947. The van der Waals surface area contributed by atoms with Gasteiger partial charge in [-0.2, -0.15) is 4.52 Å². The van der Waals surface area contributed by atoms with E-state index in [1.165, 1.54) is 0 Å². The molecule has 0 saturated heterocycles. The molecular formula is C17H20N6O. The Morgan fingerprint density at radius 2 is 1.92 bits per heavy atom. The monoisotopic (exact) mass is 324 g/mol. The van der Waals surface area contributed by atoms with Crippen LogP contribution in [0.4, 0.5) is 5.82 Å². The van der Waals surface area contributed by atoms with Crippen molar-refractivity contribution in [2.45, 2.75) is 19.8 Å². The first-order chi connectivity index (χ1) is 11.8. The summed E-state index contributed by atoms with van der Waals surface area (Å²) in [6.45, 7) is 3.44. The van der Waals surface area contributed by atoms with Crippen LogP contribution in [0.2, 0.25) is 0 Å². The van der Waals surface area contributed by atoms with E-state index in [4.69, 9.17) is 0 Å². The maximum absolute atomic E-state index is 12.0. The summed E-state index contributed by atoms with van der Waals surface area (Å²) >= 11 is 0. The van der Waals surface area contributed by atoms with E-state index in [0.29, 0.717) is 24.2 Å². The molecule has 0 spiro atoms. The molecule has 2 N–H and O–H groups in total. The number of rotatable bonds is 7. The zero-order valence-electron chi connectivity index (χ0n) is 13.6. The number of hydrogen-bond acceptors (Lipinski definition) is 5. The third-order valence-electron chi connectivity index (χ3n) is 3.55. The topological polar surface area (TPSA) is 84.2 Å². The molecule has 0 radical (unpaired) electrons. The van der Waals surface area contributed by atoms with Gasteiger partial charge in [0.25, 0.3) is 5.91 Å². The van der Waals surface area contributed by atoms with Crippen LogP contribution in [0.15, 0.2) is 42.5 Å². The highest BCUT2D eigenvalue weighted by molar-refractivity contribution is 5.94. The molecule has 0 aliphatic heterocycles. The minimum absolute atomic E-state index is 0.0947. The fourth-order valence-corrected chi connectivity index (χ4v) is 2.32. The first-order valence-corrected chi connectivity index (χ1v) is 8.06. The van der Waals surface area contributed by atoms with Gasteiger partial charge in [-0.3, -0.25) is 4.79 Å². The number of carbonyl (C=O) groups excluding carboxylic acids is 1. The Hall–Kier alpha value is -2.96. The maximum atomic E-state index is 12.0. The Kier molecular flexibility index (Phi) is 5.00. The molecule has 1 amide bonds. The van der Waals surface area contributed by atoms with Crippen molar-refractivity contribution < 1.29 is 4.79 Å². The number of nitrogens with zero attached hydrogens (tertiary/aromatic N) is 4. The molecular weight excluding hydrogens is 304 g/mol. The minimum Gasteiger partial charge on any atom is -0.369 e. The van der Waals surface area contributed by atoms with Crippen LogP contribution in [0, 0.1) is 0 Å². The van der Waals surface area contributed by atoms with Crippen molar-refractivity contribution in [1.82, 2.24) is 25.1 Å². The molecule has 2 heterocycles. The number of aromatic nitrogens is 4. The fourth-order valence-electron chi connectivity index (χ4n) is 2.32. The van der Waals surface area contributed by atoms with Crippen molar-refractivity contribution in [1.29, 1.82) is 0 Å². The zero-order valence-corrected chi connectivity index (χ0v) is 13.6. The Labute approximate surface area is 140 Å². The number of fused-ring (bicyclic) bond motifs is 1. The van der Waals surface area contributed by atoms with Crippen LogP contribution in [-0.4, -0.2) is 38.8 Å². The van der Waals surface area contributed by atoms with Crippen molar-refractivity contribution in [2.75, 3.05) is 18.4 Å². The molecule has 24 heavy (non-hydrogen) atoms. The summed E-state index contributed by atoms with van der Waals surface area (Å²) in [5.74, 6) is 1.42. The molecule has 3 aromatic rings. The summed E-state index contributed by atoms with van der Waals surface area (Å²) in [5.41, 5.74) is 1.34. The van der Waals surface area contributed by atoms with Crippen molar-refractivity contribution in [3.63, 3.8) is 0 Å². The van der Waals surface area contributed by atoms with Gasteiger partial charge in [-0.1, -0.05) is 25.1 Å². The van der Waals surface area contributed by atoms with E-state index in [0.717, 1.165) is 24.6 Å². The SMILES string of the molecule is CCCNc1ccc2nnc(CCNC(=O)c3ccccc3)n2n1. The van der Waals surface area contributed by atoms with Crippen molar-refractivity contribution >= 4 is 17.4 Å². The van der Waals surface area contributed by atoms with E-state index in [1.54, 1.807) is 16.6 Å². The number of amides is 1. The quantitative estimate of drug-likeness (QED) is 0.693. The molecule has 0 saturated carbocycles. The van der Waals surface area contributed by atoms with Crippen molar-refractivity contribution in [3.05, 3.63) is 53.9 Å². The van der Waals surface area contributed by atoms with Gasteiger partial charge in [0.05, 0.1) is 0 Å². The van der Waals surface area contributed by atoms with Gasteiger partial charge in [-0.15, -0.1) is 15.3 Å². The van der Waals surface area contributed by atoms with Gasteiger partial charge in [-0.05, 0) is 30.7 Å². The third-order valence-corrected chi connectivity index (χ3v) is 3.55. The molecule has 7 nitrogen and oxygen atoms in total. The van der Waals surface area contributed by atoms with Gasteiger partial charge in [-0.25, -0.2) is 0 Å². The van der Waals surface area contributed by atoms with Crippen molar-refractivity contribution in [3.8, 4) is 0 Å². The van der Waals surface area contributed by atoms with Crippen LogP contribution in [-0.2, 0) is 6.42 Å². The van der Waals surface area contributed by atoms with Gasteiger partial charge in [0, 0.05) is 25.1 Å². The van der Waals surface area contributed by atoms with Gasteiger partial charge < -0.3 is 10.6 Å². The summed E-state index contributed by atoms with van der Waals surface area (Å²) in [4.78, 5) is 12.0. The molecule has 3 rings (SSSR count). The van der Waals surface area contributed by atoms with Gasteiger partial charge in [0.2, 0.25) is 0 Å². The predicted octanol–water partition coefficient (Wildman–Crippen LogP) is 1.92. The molecule has 0 unspecified atom stereocenters. The second-order valence-electron chi connectivity index (χ2n) is 5.40. The largest absolute Gasteiger partial charge is 0.369 e. The lowest BCUT2D eigenvalue weighted by Crippen LogP contribution is -2.26. The Morgan fingerprint density at radius 3 is 2.71 bits per heavy atom. The summed E-state index contributed by atoms with van der Waals surface area (Å²) < 4.78 is 1.71. The summed E-state index contributed by atoms with van der Waals surface area (Å²) in [5, 5.41) is 18.9. The Balaban J connectivity index is 1.63. The third kappa shape index (κ3) is 3.68. The first-order valence-electron chi connectivity index (χ1n) is 8.06. The molecule has 124 valence electrons. The lowest BCUT2D eigenvalue weighted by molar-refractivity contribution is 0.0954. The van der Waals surface area contributed by atoms with Crippen LogP contribution in [0.3, 0.4) is 0 Å². The van der Waals surface area contributed by atoms with Crippen LogP contribution in [0.1, 0.15) is 29.5 Å². The molecule has 7 heteroatoms. The second kappa shape index (κ2) is 7.54. The van der Waals surface area contributed by atoms with Crippen LogP contribution >= 0.6 is 0 Å². The smallest absolute Gasteiger partial charge is 0.251 e. The standard InChI is InChI=1S/C17H20N6O/c1-2-11-18-14-8-9-15-20-21-16(23(15)22-14)10-12-19-17(24)13-6-4-3-5-7-13/h3-9H,2,10-12H2,1H3,(H,18,22)(H,19,24). The highest BCUT2D eigenvalue weighted by Gasteiger charge is 2.09. The second-order valence-corrected chi connectivity index (χ2v) is 5.40. The first kappa shape index (κ1) is 15.9. The number of anilines is 1. The zero-order chi connectivity index (χ0) is 16.8. The number of hydrogen-bond donors (Lipinski definition) is 2. The fraction of sp³-hybridized carbons (Fsp3) is 0.294. The van der Waals surface area contributed by atoms with Crippen molar-refractivity contribution in [2.24, 2.45) is 0 Å². The normalized spacial score (nSPS) is 10.7. The molecule has 0 bridgehead atoms. The van der Waals surface area contributed by atoms with E-state index in [2.05, 4.69) is 32.9 Å². The van der Waals surface area contributed by atoms with Crippen LogP contribution in [0.5, 0.6) is 0 Å². The molecule has 0 atom stereocenters.